The molecule has 3 fully saturated rings. The molecule has 3 rings (SSSR count). The first kappa shape index (κ1) is 15.7. The van der Waals surface area contributed by atoms with Gasteiger partial charge in [-0.05, 0) is 51.9 Å². The van der Waals surface area contributed by atoms with Crippen molar-refractivity contribution < 1.29 is 5.11 Å². The molecule has 2 aliphatic carbocycles. The normalized spacial score (nSPS) is 29.3. The van der Waals surface area contributed by atoms with Crippen LogP contribution in [0.5, 0.6) is 0 Å². The van der Waals surface area contributed by atoms with Gasteiger partial charge in [0.2, 0.25) is 0 Å². The molecule has 1 heterocycles. The van der Waals surface area contributed by atoms with Gasteiger partial charge in [-0.25, -0.2) is 0 Å². The molecule has 0 aromatic carbocycles. The summed E-state index contributed by atoms with van der Waals surface area (Å²) in [5, 5.41) is 13.4. The molecule has 1 saturated heterocycles. The van der Waals surface area contributed by atoms with Gasteiger partial charge in [0.15, 0.2) is 0 Å². The topological polar surface area (TPSA) is 38.7 Å². The molecule has 4 heteroatoms. The third-order valence-corrected chi connectivity index (χ3v) is 5.47. The van der Waals surface area contributed by atoms with Crippen LogP contribution in [-0.4, -0.2) is 71.9 Å². The van der Waals surface area contributed by atoms with Gasteiger partial charge in [0.05, 0.1) is 6.61 Å². The van der Waals surface area contributed by atoms with Crippen molar-refractivity contribution in [1.29, 1.82) is 0 Å². The van der Waals surface area contributed by atoms with Crippen LogP contribution >= 0.6 is 0 Å². The Kier molecular flexibility index (Phi) is 4.89. The van der Waals surface area contributed by atoms with Gasteiger partial charge >= 0.3 is 0 Å². The van der Waals surface area contributed by atoms with Crippen LogP contribution in [0.1, 0.15) is 46.0 Å². The average Bonchev–Trinajstić information content (AvgIpc) is 3.36. The highest BCUT2D eigenvalue weighted by Crippen LogP contribution is 2.30. The SMILES string of the molecule is CC(CC(C)(CO)NC1CC1)N1CCN(CC2CC2)CC1. The molecule has 122 valence electrons. The minimum atomic E-state index is -0.105. The summed E-state index contributed by atoms with van der Waals surface area (Å²) >= 11 is 0. The molecule has 2 N–H and O–H groups in total. The summed E-state index contributed by atoms with van der Waals surface area (Å²) in [6.07, 6.45) is 6.52. The van der Waals surface area contributed by atoms with Crippen LogP contribution in [0.3, 0.4) is 0 Å². The Morgan fingerprint density at radius 3 is 2.33 bits per heavy atom. The van der Waals surface area contributed by atoms with Gasteiger partial charge in [-0.1, -0.05) is 0 Å². The van der Waals surface area contributed by atoms with Crippen LogP contribution in [0, 0.1) is 5.92 Å². The number of hydrogen-bond donors (Lipinski definition) is 2. The van der Waals surface area contributed by atoms with Gasteiger partial charge in [-0.2, -0.15) is 0 Å². The fraction of sp³-hybridized carbons (Fsp3) is 1.00. The molecule has 3 aliphatic rings. The monoisotopic (exact) mass is 295 g/mol. The van der Waals surface area contributed by atoms with E-state index in [2.05, 4.69) is 29.0 Å². The van der Waals surface area contributed by atoms with Gasteiger partial charge in [0, 0.05) is 50.3 Å². The van der Waals surface area contributed by atoms with Gasteiger partial charge in [-0.3, -0.25) is 4.90 Å². The van der Waals surface area contributed by atoms with Crippen molar-refractivity contribution in [3.05, 3.63) is 0 Å². The second-order valence-corrected chi connectivity index (χ2v) is 7.97. The van der Waals surface area contributed by atoms with E-state index < -0.39 is 0 Å². The first-order valence-electron chi connectivity index (χ1n) is 8.93. The van der Waals surface area contributed by atoms with Crippen LogP contribution in [0.25, 0.3) is 0 Å². The zero-order chi connectivity index (χ0) is 14.9. The summed E-state index contributed by atoms with van der Waals surface area (Å²) in [4.78, 5) is 5.26. The van der Waals surface area contributed by atoms with Crippen molar-refractivity contribution in [3.8, 4) is 0 Å². The summed E-state index contributed by atoms with van der Waals surface area (Å²) in [7, 11) is 0. The fourth-order valence-corrected chi connectivity index (χ4v) is 3.72. The molecule has 0 spiro atoms. The van der Waals surface area contributed by atoms with Crippen LogP contribution < -0.4 is 5.32 Å². The molecule has 0 aromatic rings. The van der Waals surface area contributed by atoms with E-state index in [1.165, 1.54) is 58.4 Å². The average molecular weight is 295 g/mol. The smallest absolute Gasteiger partial charge is 0.0611 e. The van der Waals surface area contributed by atoms with E-state index in [0.29, 0.717) is 12.1 Å². The minimum absolute atomic E-state index is 0.105. The molecular formula is C17H33N3O. The lowest BCUT2D eigenvalue weighted by Gasteiger charge is -2.41. The van der Waals surface area contributed by atoms with Gasteiger partial charge in [0.1, 0.15) is 0 Å². The molecule has 0 aromatic heterocycles. The number of hydrogen-bond acceptors (Lipinski definition) is 4. The first-order chi connectivity index (χ1) is 10.1. The summed E-state index contributed by atoms with van der Waals surface area (Å²) in [5.41, 5.74) is -0.105. The highest BCUT2D eigenvalue weighted by molar-refractivity contribution is 4.95. The number of nitrogens with one attached hydrogen (secondary N) is 1. The lowest BCUT2D eigenvalue weighted by molar-refractivity contribution is 0.0694. The van der Waals surface area contributed by atoms with Crippen molar-refractivity contribution in [2.45, 2.75) is 63.6 Å². The maximum atomic E-state index is 9.77. The molecule has 21 heavy (non-hydrogen) atoms. The Labute approximate surface area is 129 Å². The highest BCUT2D eigenvalue weighted by atomic mass is 16.3. The van der Waals surface area contributed by atoms with Crippen molar-refractivity contribution in [2.24, 2.45) is 5.92 Å². The summed E-state index contributed by atoms with van der Waals surface area (Å²) < 4.78 is 0. The predicted octanol–water partition coefficient (Wildman–Crippen LogP) is 1.30. The van der Waals surface area contributed by atoms with E-state index in [-0.39, 0.29) is 12.1 Å². The van der Waals surface area contributed by atoms with Crippen molar-refractivity contribution in [1.82, 2.24) is 15.1 Å². The standard InChI is InChI=1S/C17H33N3O/c1-14(11-17(2,13-21)18-16-5-6-16)20-9-7-19(8-10-20)12-15-3-4-15/h14-16,18,21H,3-13H2,1-2H3. The molecule has 2 atom stereocenters. The molecule has 2 saturated carbocycles. The zero-order valence-corrected chi connectivity index (χ0v) is 13.9. The van der Waals surface area contributed by atoms with Gasteiger partial charge in [-0.15, -0.1) is 0 Å². The van der Waals surface area contributed by atoms with Crippen molar-refractivity contribution in [3.63, 3.8) is 0 Å². The number of nitrogens with zero attached hydrogens (tertiary/aromatic N) is 2. The zero-order valence-electron chi connectivity index (χ0n) is 13.9. The van der Waals surface area contributed by atoms with E-state index in [9.17, 15) is 5.11 Å². The molecular weight excluding hydrogens is 262 g/mol. The Balaban J connectivity index is 1.42. The van der Waals surface area contributed by atoms with E-state index in [1.54, 1.807) is 0 Å². The number of aliphatic hydroxyl groups is 1. The minimum Gasteiger partial charge on any atom is -0.394 e. The molecule has 4 nitrogen and oxygen atoms in total. The number of rotatable bonds is 8. The van der Waals surface area contributed by atoms with Crippen LogP contribution in [0.4, 0.5) is 0 Å². The van der Waals surface area contributed by atoms with E-state index in [1.807, 2.05) is 0 Å². The largest absolute Gasteiger partial charge is 0.394 e. The summed E-state index contributed by atoms with van der Waals surface area (Å²) in [5.74, 6) is 1.01. The van der Waals surface area contributed by atoms with Gasteiger partial charge < -0.3 is 15.3 Å². The van der Waals surface area contributed by atoms with Crippen LogP contribution in [0.15, 0.2) is 0 Å². The molecule has 1 aliphatic heterocycles. The molecule has 0 amide bonds. The third kappa shape index (κ3) is 4.65. The maximum Gasteiger partial charge on any atom is 0.0611 e. The summed E-state index contributed by atoms with van der Waals surface area (Å²) in [6.45, 7) is 10.9. The fourth-order valence-electron chi connectivity index (χ4n) is 3.72. The Morgan fingerprint density at radius 1 is 1.14 bits per heavy atom. The Morgan fingerprint density at radius 2 is 1.81 bits per heavy atom. The highest BCUT2D eigenvalue weighted by Gasteiger charge is 2.35. The summed E-state index contributed by atoms with van der Waals surface area (Å²) in [6, 6.07) is 1.21. The number of aliphatic hydroxyl groups excluding tert-OH is 1. The quantitative estimate of drug-likeness (QED) is 0.708. The van der Waals surface area contributed by atoms with Gasteiger partial charge in [0.25, 0.3) is 0 Å². The molecule has 0 bridgehead atoms. The maximum absolute atomic E-state index is 9.77. The Hall–Kier alpha value is -0.160. The van der Waals surface area contributed by atoms with Crippen molar-refractivity contribution in [2.75, 3.05) is 39.3 Å². The lowest BCUT2D eigenvalue weighted by Crippen LogP contribution is -2.55. The van der Waals surface area contributed by atoms with E-state index in [0.717, 1.165) is 12.3 Å². The van der Waals surface area contributed by atoms with E-state index in [4.69, 9.17) is 0 Å². The lowest BCUT2D eigenvalue weighted by atomic mass is 9.93. The molecule has 0 radical (unpaired) electrons. The van der Waals surface area contributed by atoms with E-state index >= 15 is 0 Å². The van der Waals surface area contributed by atoms with Crippen LogP contribution in [0.2, 0.25) is 0 Å². The number of piperazine rings is 1. The molecule has 2 unspecified atom stereocenters. The third-order valence-electron chi connectivity index (χ3n) is 5.47. The first-order valence-corrected chi connectivity index (χ1v) is 8.93. The second-order valence-electron chi connectivity index (χ2n) is 7.97. The second kappa shape index (κ2) is 6.53. The van der Waals surface area contributed by atoms with Crippen molar-refractivity contribution >= 4 is 0 Å². The van der Waals surface area contributed by atoms with Crippen LogP contribution in [-0.2, 0) is 0 Å². The Bertz CT molecular complexity index is 335. The predicted molar refractivity (Wildman–Crippen MR) is 86.5 cm³/mol.